The first kappa shape index (κ1) is 9.97. The van der Waals surface area contributed by atoms with Gasteiger partial charge in [0.2, 0.25) is 5.91 Å². The lowest BCUT2D eigenvalue weighted by Crippen LogP contribution is -2.61. The van der Waals surface area contributed by atoms with Crippen molar-refractivity contribution in [2.24, 2.45) is 0 Å². The van der Waals surface area contributed by atoms with Crippen LogP contribution in [-0.2, 0) is 4.79 Å². The van der Waals surface area contributed by atoms with Gasteiger partial charge < -0.3 is 9.80 Å². The number of hydrogen-bond donors (Lipinski definition) is 1. The van der Waals surface area contributed by atoms with Crippen LogP contribution in [0.4, 0.5) is 0 Å². The van der Waals surface area contributed by atoms with Gasteiger partial charge in [0.1, 0.15) is 6.04 Å². The van der Waals surface area contributed by atoms with E-state index in [0.717, 1.165) is 4.48 Å². The second-order valence-electron chi connectivity index (χ2n) is 5.34. The number of amides is 1. The van der Waals surface area contributed by atoms with E-state index in [1.807, 2.05) is 0 Å². The molecule has 2 rings (SSSR count). The van der Waals surface area contributed by atoms with Crippen molar-refractivity contribution < 1.29 is 9.28 Å². The fraction of sp³-hybridized carbons (Fsp3) is 0.909. The zero-order chi connectivity index (χ0) is 10.3. The molecule has 0 saturated carbocycles. The van der Waals surface area contributed by atoms with Crippen LogP contribution in [0.1, 0.15) is 32.6 Å². The lowest BCUT2D eigenvalue weighted by molar-refractivity contribution is -0.943. The van der Waals surface area contributed by atoms with E-state index >= 15 is 0 Å². The third kappa shape index (κ3) is 1.44. The van der Waals surface area contributed by atoms with E-state index in [4.69, 9.17) is 0 Å². The van der Waals surface area contributed by atoms with Gasteiger partial charge >= 0.3 is 0 Å². The Morgan fingerprint density at radius 3 is 2.79 bits per heavy atom. The number of piperidine rings is 1. The van der Waals surface area contributed by atoms with Crippen molar-refractivity contribution in [1.29, 1.82) is 0 Å². The van der Waals surface area contributed by atoms with Crippen molar-refractivity contribution in [1.82, 2.24) is 5.32 Å². The third-order valence-corrected chi connectivity index (χ3v) is 4.22. The molecule has 3 heteroatoms. The smallest absolute Gasteiger partial charge is 0.226 e. The molecule has 3 atom stereocenters. The lowest BCUT2D eigenvalue weighted by atomic mass is 9.90. The first-order valence-electron chi connectivity index (χ1n) is 5.64. The molecule has 0 aromatic heterocycles. The van der Waals surface area contributed by atoms with E-state index in [-0.39, 0.29) is 5.91 Å². The predicted molar refractivity (Wildman–Crippen MR) is 55.8 cm³/mol. The largest absolute Gasteiger partial charge is 0.347 e. The van der Waals surface area contributed by atoms with Crippen LogP contribution in [0.5, 0.6) is 0 Å². The molecule has 1 N–H and O–H groups in total. The van der Waals surface area contributed by atoms with Crippen molar-refractivity contribution >= 4 is 5.91 Å². The maximum Gasteiger partial charge on any atom is 0.226 e. The molecule has 14 heavy (non-hydrogen) atoms. The number of likely N-dealkylation sites (N-methyl/N-ethyl adjacent to an activating group) is 1. The van der Waals surface area contributed by atoms with E-state index in [9.17, 15) is 4.79 Å². The molecule has 0 radical (unpaired) electrons. The fourth-order valence-electron chi connectivity index (χ4n) is 3.29. The van der Waals surface area contributed by atoms with Crippen LogP contribution in [0, 0.1) is 0 Å². The quantitative estimate of drug-likeness (QED) is 0.574. The van der Waals surface area contributed by atoms with E-state index in [0.29, 0.717) is 24.5 Å². The standard InChI is InChI=1S/C11H20N2O/c1-8-10-6-4-5-9(13(10,2)3)7-11(14)12-8/h8-10H,4-7H2,1-3H3/p+1/t8-,9+,10+/m0/s1. The van der Waals surface area contributed by atoms with Crippen LogP contribution in [0.2, 0.25) is 0 Å². The molecule has 2 fully saturated rings. The molecular weight excluding hydrogens is 176 g/mol. The fourth-order valence-corrected chi connectivity index (χ4v) is 3.29. The second kappa shape index (κ2) is 3.23. The van der Waals surface area contributed by atoms with Gasteiger partial charge in [0.15, 0.2) is 0 Å². The minimum Gasteiger partial charge on any atom is -0.347 e. The number of carbonyl (C=O) groups excluding carboxylic acids is 1. The highest BCUT2D eigenvalue weighted by molar-refractivity contribution is 5.77. The zero-order valence-corrected chi connectivity index (χ0v) is 9.42. The molecule has 1 amide bonds. The van der Waals surface area contributed by atoms with Crippen molar-refractivity contribution in [2.75, 3.05) is 14.1 Å². The Balaban J connectivity index is 2.30. The lowest BCUT2D eigenvalue weighted by Gasteiger charge is -2.47. The molecule has 2 aliphatic rings. The number of rotatable bonds is 0. The summed E-state index contributed by atoms with van der Waals surface area (Å²) in [5.41, 5.74) is 0. The Kier molecular flexibility index (Phi) is 2.30. The Hall–Kier alpha value is -0.570. The average molecular weight is 197 g/mol. The summed E-state index contributed by atoms with van der Waals surface area (Å²) in [4.78, 5) is 11.6. The molecular formula is C11H21N2O+. The van der Waals surface area contributed by atoms with Crippen LogP contribution in [0.3, 0.4) is 0 Å². The van der Waals surface area contributed by atoms with Gasteiger partial charge in [-0.25, -0.2) is 0 Å². The summed E-state index contributed by atoms with van der Waals surface area (Å²) in [6, 6.07) is 1.49. The van der Waals surface area contributed by atoms with Gasteiger partial charge in [0.05, 0.1) is 32.6 Å². The molecule has 0 aliphatic carbocycles. The molecule has 2 saturated heterocycles. The van der Waals surface area contributed by atoms with E-state index < -0.39 is 0 Å². The number of fused-ring (bicyclic) bond motifs is 2. The van der Waals surface area contributed by atoms with Gasteiger partial charge in [-0.2, -0.15) is 0 Å². The molecule has 3 nitrogen and oxygen atoms in total. The third-order valence-electron chi connectivity index (χ3n) is 4.22. The van der Waals surface area contributed by atoms with Crippen LogP contribution < -0.4 is 5.32 Å². The summed E-state index contributed by atoms with van der Waals surface area (Å²) in [5, 5.41) is 3.11. The molecule has 2 heterocycles. The molecule has 0 aromatic rings. The monoisotopic (exact) mass is 197 g/mol. The predicted octanol–water partition coefficient (Wildman–Crippen LogP) is 0.892. The number of nitrogens with one attached hydrogen (secondary N) is 1. The van der Waals surface area contributed by atoms with Crippen molar-refractivity contribution in [3.63, 3.8) is 0 Å². The summed E-state index contributed by atoms with van der Waals surface area (Å²) in [7, 11) is 4.57. The topological polar surface area (TPSA) is 29.1 Å². The summed E-state index contributed by atoms with van der Waals surface area (Å²) in [6.45, 7) is 2.15. The van der Waals surface area contributed by atoms with Crippen molar-refractivity contribution in [3.8, 4) is 0 Å². The normalized spacial score (nSPS) is 41.4. The minimum atomic E-state index is 0.248. The Morgan fingerprint density at radius 1 is 1.36 bits per heavy atom. The van der Waals surface area contributed by atoms with Crippen LogP contribution in [0.25, 0.3) is 0 Å². The van der Waals surface area contributed by atoms with Gasteiger partial charge in [0, 0.05) is 12.8 Å². The molecule has 2 bridgehead atoms. The number of quaternary nitrogens is 1. The summed E-state index contributed by atoms with van der Waals surface area (Å²) in [6.07, 6.45) is 4.47. The Morgan fingerprint density at radius 2 is 2.07 bits per heavy atom. The Bertz CT molecular complexity index is 250. The average Bonchev–Trinajstić information content (AvgIpc) is 2.15. The first-order chi connectivity index (χ1) is 6.51. The summed E-state index contributed by atoms with van der Waals surface area (Å²) >= 11 is 0. The van der Waals surface area contributed by atoms with Crippen LogP contribution in [0.15, 0.2) is 0 Å². The van der Waals surface area contributed by atoms with Gasteiger partial charge in [-0.3, -0.25) is 4.79 Å². The number of nitrogens with zero attached hydrogens (tertiary/aromatic N) is 1. The van der Waals surface area contributed by atoms with Gasteiger partial charge in [-0.1, -0.05) is 0 Å². The Labute approximate surface area is 86.1 Å². The highest BCUT2D eigenvalue weighted by Crippen LogP contribution is 2.33. The van der Waals surface area contributed by atoms with E-state index in [1.54, 1.807) is 0 Å². The van der Waals surface area contributed by atoms with Crippen LogP contribution >= 0.6 is 0 Å². The van der Waals surface area contributed by atoms with Crippen molar-refractivity contribution in [2.45, 2.75) is 50.7 Å². The van der Waals surface area contributed by atoms with E-state index in [2.05, 4.69) is 26.3 Å². The van der Waals surface area contributed by atoms with Gasteiger partial charge in [0.25, 0.3) is 0 Å². The van der Waals surface area contributed by atoms with Crippen LogP contribution in [-0.4, -0.2) is 42.6 Å². The highest BCUT2D eigenvalue weighted by atomic mass is 16.1. The number of hydrogen-bond acceptors (Lipinski definition) is 1. The van der Waals surface area contributed by atoms with Gasteiger partial charge in [-0.15, -0.1) is 0 Å². The van der Waals surface area contributed by atoms with Gasteiger partial charge in [-0.05, 0) is 13.3 Å². The summed E-state index contributed by atoms with van der Waals surface area (Å²) < 4.78 is 1.03. The maximum absolute atomic E-state index is 11.6. The molecule has 0 spiro atoms. The molecule has 80 valence electrons. The molecule has 0 aromatic carbocycles. The highest BCUT2D eigenvalue weighted by Gasteiger charge is 2.46. The number of carbonyl (C=O) groups is 1. The molecule has 2 aliphatic heterocycles. The first-order valence-corrected chi connectivity index (χ1v) is 5.64. The van der Waals surface area contributed by atoms with Crippen molar-refractivity contribution in [3.05, 3.63) is 0 Å². The second-order valence-corrected chi connectivity index (χ2v) is 5.34. The molecule has 0 unspecified atom stereocenters. The minimum absolute atomic E-state index is 0.248. The SMILES string of the molecule is C[C@@H]1NC(=O)C[C@H]2CCC[C@H]1[N+]2(C)C. The van der Waals surface area contributed by atoms with E-state index in [1.165, 1.54) is 19.3 Å². The zero-order valence-electron chi connectivity index (χ0n) is 9.42. The summed E-state index contributed by atoms with van der Waals surface area (Å²) in [5.74, 6) is 0.248. The maximum atomic E-state index is 11.6.